The Morgan fingerprint density at radius 3 is 2.47 bits per heavy atom. The van der Waals surface area contributed by atoms with Crippen molar-refractivity contribution in [2.24, 2.45) is 4.99 Å². The zero-order chi connectivity index (χ0) is 21.8. The monoisotopic (exact) mass is 563 g/mol. The second kappa shape index (κ2) is 15.0. The van der Waals surface area contributed by atoms with Crippen LogP contribution in [0.25, 0.3) is 0 Å². The normalized spacial score (nSPS) is 17.6. The summed E-state index contributed by atoms with van der Waals surface area (Å²) < 4.78 is 37.5. The first-order valence-electron chi connectivity index (χ1n) is 10.2. The first kappa shape index (κ1) is 29.1. The smallest absolute Gasteiger partial charge is 0.407 e. The van der Waals surface area contributed by atoms with Crippen LogP contribution in [-0.2, 0) is 19.5 Å². The van der Waals surface area contributed by atoms with Gasteiger partial charge in [-0.15, -0.1) is 24.0 Å². The minimum absolute atomic E-state index is 0. The second-order valence-corrected chi connectivity index (χ2v) is 9.70. The molecular weight excluding hydrogens is 525 g/mol. The summed E-state index contributed by atoms with van der Waals surface area (Å²) in [5.74, 6) is 0.385. The third-order valence-corrected chi connectivity index (χ3v) is 5.19. The van der Waals surface area contributed by atoms with Gasteiger partial charge in [-0.2, -0.15) is 0 Å². The molecule has 1 saturated heterocycles. The van der Waals surface area contributed by atoms with Gasteiger partial charge in [0.15, 0.2) is 5.96 Å². The summed E-state index contributed by atoms with van der Waals surface area (Å²) in [6.07, 6.45) is 2.45. The predicted octanol–water partition coefficient (Wildman–Crippen LogP) is 1.17. The number of carbonyl (C=O) groups is 1. The molecule has 0 spiro atoms. The number of ether oxygens (including phenoxy) is 2. The van der Waals surface area contributed by atoms with Gasteiger partial charge in [-0.1, -0.05) is 0 Å². The lowest BCUT2D eigenvalue weighted by atomic mass is 10.1. The second-order valence-electron chi connectivity index (χ2n) is 7.77. The Hall–Kier alpha value is -0.860. The molecule has 178 valence electrons. The van der Waals surface area contributed by atoms with Gasteiger partial charge in [0.1, 0.15) is 5.60 Å². The average Bonchev–Trinajstić information content (AvgIpc) is 2.63. The first-order valence-corrected chi connectivity index (χ1v) is 11.8. The molecule has 1 aliphatic rings. The third kappa shape index (κ3) is 15.0. The molecule has 1 heterocycles. The van der Waals surface area contributed by atoms with Gasteiger partial charge in [0.05, 0.1) is 18.4 Å². The van der Waals surface area contributed by atoms with Crippen molar-refractivity contribution in [3.05, 3.63) is 0 Å². The van der Waals surface area contributed by atoms with Crippen molar-refractivity contribution >= 4 is 46.1 Å². The van der Waals surface area contributed by atoms with E-state index in [2.05, 4.69) is 25.7 Å². The van der Waals surface area contributed by atoms with E-state index < -0.39 is 21.7 Å². The highest BCUT2D eigenvalue weighted by Gasteiger charge is 2.18. The summed E-state index contributed by atoms with van der Waals surface area (Å²) in [7, 11) is -3.41. The van der Waals surface area contributed by atoms with Gasteiger partial charge < -0.3 is 25.4 Å². The minimum atomic E-state index is -3.41. The Balaban J connectivity index is 0.00000841. The topological polar surface area (TPSA) is 130 Å². The molecule has 1 amide bonds. The molecule has 0 aliphatic carbocycles. The maximum absolute atomic E-state index is 12.1. The molecule has 0 saturated carbocycles. The zero-order valence-corrected chi connectivity index (χ0v) is 21.6. The molecule has 1 atom stereocenters. The summed E-state index contributed by atoms with van der Waals surface area (Å²) in [6.45, 7) is 9.83. The van der Waals surface area contributed by atoms with Gasteiger partial charge >= 0.3 is 6.09 Å². The van der Waals surface area contributed by atoms with Crippen molar-refractivity contribution in [1.82, 2.24) is 20.7 Å². The third-order valence-electron chi connectivity index (χ3n) is 3.86. The number of alkyl carbamates (subject to hydrolysis) is 1. The number of hydrogen-bond acceptors (Lipinski definition) is 6. The Kier molecular flexibility index (Phi) is 14.6. The predicted molar refractivity (Wildman–Crippen MR) is 129 cm³/mol. The van der Waals surface area contributed by atoms with Crippen LogP contribution in [0.5, 0.6) is 0 Å². The lowest BCUT2D eigenvalue weighted by molar-refractivity contribution is 0.0200. The van der Waals surface area contributed by atoms with E-state index in [1.54, 1.807) is 20.8 Å². The van der Waals surface area contributed by atoms with E-state index in [1.807, 2.05) is 6.92 Å². The molecule has 1 rings (SSSR count). The fraction of sp³-hybridized carbons (Fsp3) is 0.889. The number of nitrogens with one attached hydrogen (secondary N) is 4. The number of aliphatic imine (C=N–C) groups is 1. The first-order chi connectivity index (χ1) is 13.6. The van der Waals surface area contributed by atoms with Gasteiger partial charge in [0.2, 0.25) is 10.0 Å². The number of halogens is 1. The van der Waals surface area contributed by atoms with Gasteiger partial charge in [-0.05, 0) is 47.0 Å². The number of nitrogens with zero attached hydrogens (tertiary/aromatic N) is 1. The number of rotatable bonds is 10. The highest BCUT2D eigenvalue weighted by molar-refractivity contribution is 14.0. The summed E-state index contributed by atoms with van der Waals surface area (Å²) in [5.41, 5.74) is -0.545. The molecule has 12 heteroatoms. The molecule has 1 fully saturated rings. The Morgan fingerprint density at radius 1 is 1.17 bits per heavy atom. The van der Waals surface area contributed by atoms with Crippen molar-refractivity contribution in [3.8, 4) is 0 Å². The lowest BCUT2D eigenvalue weighted by Crippen LogP contribution is -2.43. The van der Waals surface area contributed by atoms with Crippen LogP contribution in [0.2, 0.25) is 0 Å². The number of hydrogen-bond donors (Lipinski definition) is 4. The number of sulfonamides is 1. The van der Waals surface area contributed by atoms with Crippen LogP contribution >= 0.6 is 24.0 Å². The van der Waals surface area contributed by atoms with E-state index in [-0.39, 0.29) is 42.4 Å². The van der Waals surface area contributed by atoms with E-state index >= 15 is 0 Å². The van der Waals surface area contributed by atoms with Gasteiger partial charge in [0.25, 0.3) is 0 Å². The van der Waals surface area contributed by atoms with E-state index in [0.29, 0.717) is 38.7 Å². The molecule has 0 radical (unpaired) electrons. The van der Waals surface area contributed by atoms with Crippen LogP contribution in [0.3, 0.4) is 0 Å². The minimum Gasteiger partial charge on any atom is -0.444 e. The average molecular weight is 564 g/mol. The summed E-state index contributed by atoms with van der Waals surface area (Å²) in [6, 6.07) is 0. The standard InChI is InChI=1S/C18H37N5O5S.HI/c1-5-19-16(20-9-10-22-17(24)28-18(2,3)4)21-11-13-29(25,26)23-14-15-8-6-7-12-27-15;/h15,23H,5-14H2,1-4H3,(H,22,24)(H2,19,20,21);1H. The van der Waals surface area contributed by atoms with E-state index in [9.17, 15) is 13.2 Å². The molecular formula is C18H38IN5O5S. The SMILES string of the molecule is CCNC(=NCCS(=O)(=O)NCC1CCCCO1)NCCNC(=O)OC(C)(C)C.I. The van der Waals surface area contributed by atoms with Crippen LogP contribution in [0.4, 0.5) is 4.79 Å². The van der Waals surface area contributed by atoms with Crippen molar-refractivity contribution in [2.75, 3.05) is 45.1 Å². The molecule has 4 N–H and O–H groups in total. The van der Waals surface area contributed by atoms with Crippen LogP contribution in [0.15, 0.2) is 4.99 Å². The Labute approximate surface area is 197 Å². The molecule has 0 bridgehead atoms. The zero-order valence-electron chi connectivity index (χ0n) is 18.5. The molecule has 0 aromatic rings. The van der Waals surface area contributed by atoms with Gasteiger partial charge in [0, 0.05) is 32.8 Å². The van der Waals surface area contributed by atoms with Crippen LogP contribution in [0, 0.1) is 0 Å². The quantitative estimate of drug-likeness (QED) is 0.136. The van der Waals surface area contributed by atoms with Crippen molar-refractivity contribution in [3.63, 3.8) is 0 Å². The highest BCUT2D eigenvalue weighted by atomic mass is 127. The Morgan fingerprint density at radius 2 is 1.87 bits per heavy atom. The molecule has 1 unspecified atom stereocenters. The molecule has 0 aromatic heterocycles. The molecule has 0 aromatic carbocycles. The van der Waals surface area contributed by atoms with Crippen LogP contribution in [0.1, 0.15) is 47.0 Å². The summed E-state index contributed by atoms with van der Waals surface area (Å²) in [5, 5.41) is 8.72. The van der Waals surface area contributed by atoms with Gasteiger partial charge in [-0.25, -0.2) is 17.9 Å². The number of carbonyl (C=O) groups excluding carboxylic acids is 1. The fourth-order valence-corrected chi connectivity index (χ4v) is 3.46. The molecule has 1 aliphatic heterocycles. The van der Waals surface area contributed by atoms with E-state index in [4.69, 9.17) is 9.47 Å². The largest absolute Gasteiger partial charge is 0.444 e. The molecule has 30 heavy (non-hydrogen) atoms. The lowest BCUT2D eigenvalue weighted by Gasteiger charge is -2.22. The number of amides is 1. The van der Waals surface area contributed by atoms with E-state index in [0.717, 1.165) is 19.3 Å². The van der Waals surface area contributed by atoms with Gasteiger partial charge in [-0.3, -0.25) is 4.99 Å². The van der Waals surface area contributed by atoms with Crippen LogP contribution in [-0.4, -0.2) is 77.3 Å². The highest BCUT2D eigenvalue weighted by Crippen LogP contribution is 2.11. The molecule has 10 nitrogen and oxygen atoms in total. The van der Waals surface area contributed by atoms with Crippen molar-refractivity contribution < 1.29 is 22.7 Å². The maximum atomic E-state index is 12.1. The van der Waals surface area contributed by atoms with E-state index in [1.165, 1.54) is 0 Å². The Bertz CT molecular complexity index is 619. The number of guanidine groups is 1. The van der Waals surface area contributed by atoms with Crippen molar-refractivity contribution in [1.29, 1.82) is 0 Å². The van der Waals surface area contributed by atoms with Crippen molar-refractivity contribution in [2.45, 2.75) is 58.7 Å². The fourth-order valence-electron chi connectivity index (χ4n) is 2.54. The summed E-state index contributed by atoms with van der Waals surface area (Å²) >= 11 is 0. The summed E-state index contributed by atoms with van der Waals surface area (Å²) in [4.78, 5) is 15.9. The van der Waals surface area contributed by atoms with Crippen LogP contribution < -0.4 is 20.7 Å². The maximum Gasteiger partial charge on any atom is 0.407 e.